The van der Waals surface area contributed by atoms with Crippen LogP contribution < -0.4 is 15.6 Å². The number of rotatable bonds is 3. The highest BCUT2D eigenvalue weighted by molar-refractivity contribution is 6.06. The first kappa shape index (κ1) is 16.8. The standard InChI is InChI=1S/C20H18N4O3/c1-12-7-6-10-24-17(12)22-18-13(20(24)26)11-15(23(18)2)19(25)21-14-8-4-5-9-16(14)27-3/h4-11H,1-3H3,(H,21,25). The van der Waals surface area contributed by atoms with Gasteiger partial charge in [0.1, 0.15) is 22.7 Å². The van der Waals surface area contributed by atoms with Crippen molar-refractivity contribution in [3.05, 3.63) is 70.3 Å². The molecule has 0 spiro atoms. The Morgan fingerprint density at radius 1 is 1.15 bits per heavy atom. The third kappa shape index (κ3) is 2.64. The summed E-state index contributed by atoms with van der Waals surface area (Å²) in [7, 11) is 3.27. The van der Waals surface area contributed by atoms with Gasteiger partial charge in [-0.05, 0) is 36.8 Å². The molecule has 27 heavy (non-hydrogen) atoms. The van der Waals surface area contributed by atoms with Crippen LogP contribution in [-0.2, 0) is 7.05 Å². The van der Waals surface area contributed by atoms with E-state index in [9.17, 15) is 9.59 Å². The minimum absolute atomic E-state index is 0.203. The molecule has 0 fully saturated rings. The Labute approximate surface area is 154 Å². The van der Waals surface area contributed by atoms with Crippen molar-refractivity contribution < 1.29 is 9.53 Å². The Hall–Kier alpha value is -3.61. The first-order valence-corrected chi connectivity index (χ1v) is 8.43. The van der Waals surface area contributed by atoms with Crippen LogP contribution in [0.4, 0.5) is 5.69 Å². The van der Waals surface area contributed by atoms with Gasteiger partial charge in [-0.1, -0.05) is 18.2 Å². The number of nitrogens with one attached hydrogen (secondary N) is 1. The summed E-state index contributed by atoms with van der Waals surface area (Å²) in [6, 6.07) is 12.4. The van der Waals surface area contributed by atoms with Gasteiger partial charge in [0.05, 0.1) is 18.2 Å². The summed E-state index contributed by atoms with van der Waals surface area (Å²) in [4.78, 5) is 30.3. The molecule has 1 aromatic carbocycles. The van der Waals surface area contributed by atoms with Crippen molar-refractivity contribution in [1.82, 2.24) is 14.0 Å². The third-order valence-corrected chi connectivity index (χ3v) is 4.61. The van der Waals surface area contributed by atoms with Crippen LogP contribution in [0, 0.1) is 6.92 Å². The quantitative estimate of drug-likeness (QED) is 0.608. The van der Waals surface area contributed by atoms with Gasteiger partial charge in [-0.2, -0.15) is 0 Å². The van der Waals surface area contributed by atoms with Crippen LogP contribution in [0.5, 0.6) is 5.75 Å². The number of hydrogen-bond acceptors (Lipinski definition) is 4. The maximum Gasteiger partial charge on any atom is 0.272 e. The molecule has 0 saturated heterocycles. The summed E-state index contributed by atoms with van der Waals surface area (Å²) in [5, 5.41) is 3.22. The zero-order chi connectivity index (χ0) is 19.1. The van der Waals surface area contributed by atoms with E-state index in [1.54, 1.807) is 49.2 Å². The number of benzene rings is 1. The zero-order valence-corrected chi connectivity index (χ0v) is 15.2. The lowest BCUT2D eigenvalue weighted by atomic mass is 10.2. The second-order valence-electron chi connectivity index (χ2n) is 6.28. The molecule has 136 valence electrons. The van der Waals surface area contributed by atoms with Crippen molar-refractivity contribution in [2.24, 2.45) is 7.05 Å². The Morgan fingerprint density at radius 2 is 1.93 bits per heavy atom. The van der Waals surface area contributed by atoms with Crippen LogP contribution >= 0.6 is 0 Å². The van der Waals surface area contributed by atoms with Gasteiger partial charge < -0.3 is 14.6 Å². The van der Waals surface area contributed by atoms with E-state index in [4.69, 9.17) is 4.74 Å². The molecular formula is C20H18N4O3. The number of ether oxygens (including phenoxy) is 1. The van der Waals surface area contributed by atoms with Gasteiger partial charge in [0, 0.05) is 13.2 Å². The smallest absolute Gasteiger partial charge is 0.272 e. The molecule has 0 bridgehead atoms. The van der Waals surface area contributed by atoms with Crippen LogP contribution in [0.25, 0.3) is 16.7 Å². The molecule has 3 aromatic heterocycles. The monoisotopic (exact) mass is 362 g/mol. The summed E-state index contributed by atoms with van der Waals surface area (Å²) in [6.45, 7) is 1.89. The first-order chi connectivity index (χ1) is 13.0. The van der Waals surface area contributed by atoms with Gasteiger partial charge in [-0.3, -0.25) is 14.0 Å². The van der Waals surface area contributed by atoms with Gasteiger partial charge in [0.25, 0.3) is 11.5 Å². The Balaban J connectivity index is 1.85. The van der Waals surface area contributed by atoms with E-state index >= 15 is 0 Å². The van der Waals surface area contributed by atoms with Crippen molar-refractivity contribution >= 4 is 28.3 Å². The van der Waals surface area contributed by atoms with Crippen LogP contribution in [-0.4, -0.2) is 27.0 Å². The Bertz CT molecular complexity index is 1250. The highest BCUT2D eigenvalue weighted by atomic mass is 16.5. The fourth-order valence-corrected chi connectivity index (χ4v) is 3.18. The predicted octanol–water partition coefficient (Wildman–Crippen LogP) is 2.76. The van der Waals surface area contributed by atoms with Crippen LogP contribution in [0.3, 0.4) is 0 Å². The first-order valence-electron chi connectivity index (χ1n) is 8.43. The van der Waals surface area contributed by atoms with Gasteiger partial charge >= 0.3 is 0 Å². The second kappa shape index (κ2) is 6.28. The number of amides is 1. The van der Waals surface area contributed by atoms with E-state index in [1.165, 1.54) is 4.40 Å². The maximum absolute atomic E-state index is 12.8. The van der Waals surface area contributed by atoms with Crippen LogP contribution in [0.15, 0.2) is 53.5 Å². The van der Waals surface area contributed by atoms with Crippen LogP contribution in [0.2, 0.25) is 0 Å². The Kier molecular flexibility index (Phi) is 3.92. The number of nitrogens with zero attached hydrogens (tertiary/aromatic N) is 3. The fourth-order valence-electron chi connectivity index (χ4n) is 3.18. The van der Waals surface area contributed by atoms with Gasteiger partial charge in [0.15, 0.2) is 0 Å². The summed E-state index contributed by atoms with van der Waals surface area (Å²) < 4.78 is 8.40. The number of para-hydroxylation sites is 2. The highest BCUT2D eigenvalue weighted by Gasteiger charge is 2.19. The molecule has 3 heterocycles. The highest BCUT2D eigenvalue weighted by Crippen LogP contribution is 2.24. The molecule has 4 aromatic rings. The molecule has 0 aliphatic carbocycles. The molecule has 4 rings (SSSR count). The number of pyridine rings is 1. The van der Waals surface area contributed by atoms with E-state index < -0.39 is 0 Å². The van der Waals surface area contributed by atoms with Gasteiger partial charge in [-0.25, -0.2) is 4.98 Å². The maximum atomic E-state index is 12.8. The van der Waals surface area contributed by atoms with Gasteiger partial charge in [-0.15, -0.1) is 0 Å². The van der Waals surface area contributed by atoms with Gasteiger partial charge in [0.2, 0.25) is 0 Å². The van der Waals surface area contributed by atoms with Crippen molar-refractivity contribution in [2.75, 3.05) is 12.4 Å². The normalized spacial score (nSPS) is 11.1. The molecule has 0 aliphatic rings. The van der Waals surface area contributed by atoms with E-state index in [-0.39, 0.29) is 11.5 Å². The molecule has 7 heteroatoms. The Morgan fingerprint density at radius 3 is 2.70 bits per heavy atom. The summed E-state index contributed by atoms with van der Waals surface area (Å²) >= 11 is 0. The lowest BCUT2D eigenvalue weighted by Gasteiger charge is -2.10. The number of hydrogen-bond donors (Lipinski definition) is 1. The fraction of sp³-hybridized carbons (Fsp3) is 0.150. The molecular weight excluding hydrogens is 344 g/mol. The number of aromatic nitrogens is 3. The minimum atomic E-state index is -0.342. The molecule has 0 atom stereocenters. The molecule has 1 amide bonds. The number of fused-ring (bicyclic) bond motifs is 2. The van der Waals surface area contributed by atoms with Crippen molar-refractivity contribution in [3.63, 3.8) is 0 Å². The molecule has 0 saturated carbocycles. The largest absolute Gasteiger partial charge is 0.495 e. The van der Waals surface area contributed by atoms with E-state index in [2.05, 4.69) is 10.3 Å². The second-order valence-corrected chi connectivity index (χ2v) is 6.28. The lowest BCUT2D eigenvalue weighted by Crippen LogP contribution is -2.16. The van der Waals surface area contributed by atoms with Crippen molar-refractivity contribution in [2.45, 2.75) is 6.92 Å². The zero-order valence-electron chi connectivity index (χ0n) is 15.2. The molecule has 7 nitrogen and oxygen atoms in total. The number of carbonyl (C=O) groups is 1. The summed E-state index contributed by atoms with van der Waals surface area (Å²) in [6.07, 6.45) is 1.68. The summed E-state index contributed by atoms with van der Waals surface area (Å²) in [5.41, 5.74) is 2.63. The lowest BCUT2D eigenvalue weighted by molar-refractivity contribution is 0.101. The third-order valence-electron chi connectivity index (χ3n) is 4.61. The van der Waals surface area contributed by atoms with E-state index in [0.717, 1.165) is 5.56 Å². The van der Waals surface area contributed by atoms with Crippen molar-refractivity contribution in [1.29, 1.82) is 0 Å². The van der Waals surface area contributed by atoms with Crippen molar-refractivity contribution in [3.8, 4) is 5.75 Å². The SMILES string of the molecule is COc1ccccc1NC(=O)c1cc2c(=O)n3cccc(C)c3nc2n1C. The average Bonchev–Trinajstić information content (AvgIpc) is 3.00. The number of methoxy groups -OCH3 is 1. The molecule has 0 radical (unpaired) electrons. The minimum Gasteiger partial charge on any atom is -0.495 e. The summed E-state index contributed by atoms with van der Waals surface area (Å²) in [5.74, 6) is 0.217. The van der Waals surface area contributed by atoms with Crippen LogP contribution in [0.1, 0.15) is 16.1 Å². The number of aryl methyl sites for hydroxylation is 2. The number of carbonyl (C=O) groups excluding carboxylic acids is 1. The molecule has 1 N–H and O–H groups in total. The topological polar surface area (TPSA) is 77.6 Å². The van der Waals surface area contributed by atoms with E-state index in [0.29, 0.717) is 33.8 Å². The predicted molar refractivity (Wildman–Crippen MR) is 104 cm³/mol. The number of anilines is 1. The molecule has 0 aliphatic heterocycles. The molecule has 0 unspecified atom stereocenters. The van der Waals surface area contributed by atoms with E-state index in [1.807, 2.05) is 25.1 Å². The average molecular weight is 362 g/mol.